The molecule has 0 aliphatic heterocycles. The van der Waals surface area contributed by atoms with Crippen molar-refractivity contribution in [1.82, 2.24) is 4.98 Å². The third kappa shape index (κ3) is 5.02. The summed E-state index contributed by atoms with van der Waals surface area (Å²) in [6.07, 6.45) is 1.91. The second-order valence-corrected chi connectivity index (χ2v) is 13.1. The van der Waals surface area contributed by atoms with Crippen LogP contribution >= 0.6 is 0 Å². The van der Waals surface area contributed by atoms with Crippen molar-refractivity contribution in [1.29, 1.82) is 0 Å². The zero-order chi connectivity index (χ0) is 34.4. The molecule has 52 heavy (non-hydrogen) atoms. The van der Waals surface area contributed by atoms with E-state index in [1.54, 1.807) is 0 Å². The van der Waals surface area contributed by atoms with Crippen molar-refractivity contribution in [2.45, 2.75) is 0 Å². The Balaban J connectivity index is 1.29. The predicted octanol–water partition coefficient (Wildman–Crippen LogP) is 13.8. The molecule has 2 aromatic heterocycles. The Kier molecular flexibility index (Phi) is 7.14. The highest BCUT2D eigenvalue weighted by Gasteiger charge is 2.23. The smallest absolute Gasteiger partial charge is 0.161 e. The van der Waals surface area contributed by atoms with Gasteiger partial charge >= 0.3 is 0 Å². The molecule has 0 N–H and O–H groups in total. The number of fused-ring (bicyclic) bond motifs is 6. The molecular weight excluding hydrogens is 633 g/mol. The number of aromatic nitrogens is 1. The van der Waals surface area contributed by atoms with E-state index in [2.05, 4.69) is 181 Å². The van der Waals surface area contributed by atoms with E-state index in [1.807, 2.05) is 18.3 Å². The van der Waals surface area contributed by atoms with Crippen LogP contribution in [-0.2, 0) is 0 Å². The minimum absolute atomic E-state index is 0.798. The summed E-state index contributed by atoms with van der Waals surface area (Å²) in [7, 11) is 0. The third-order valence-electron chi connectivity index (χ3n) is 10.1. The van der Waals surface area contributed by atoms with Crippen LogP contribution in [0.4, 0.5) is 17.1 Å². The van der Waals surface area contributed by atoms with Gasteiger partial charge in [-0.3, -0.25) is 4.98 Å². The Hall–Kier alpha value is -6.97. The predicted molar refractivity (Wildman–Crippen MR) is 218 cm³/mol. The number of pyridine rings is 1. The zero-order valence-electron chi connectivity index (χ0n) is 28.3. The normalized spacial score (nSPS) is 11.5. The van der Waals surface area contributed by atoms with Crippen LogP contribution in [0.15, 0.2) is 199 Å². The standard InChI is InChI=1S/C49H32N2O/c1-3-13-33(14-4-1)36-19-11-20-38(31-36)51(46-29-30-50-48-43(46)27-26-42-41-22-9-10-24-47(41)52-49(42)48)45-28-25-37(34-15-5-2-6-16-34)32-44(45)40-23-12-18-35-17-7-8-21-39(35)40/h1-32H. The monoisotopic (exact) mass is 664 g/mol. The molecule has 3 nitrogen and oxygen atoms in total. The van der Waals surface area contributed by atoms with Crippen molar-refractivity contribution in [3.63, 3.8) is 0 Å². The van der Waals surface area contributed by atoms with Crippen LogP contribution in [0.1, 0.15) is 0 Å². The largest absolute Gasteiger partial charge is 0.454 e. The van der Waals surface area contributed by atoms with Gasteiger partial charge in [0.25, 0.3) is 0 Å². The molecule has 0 aliphatic rings. The van der Waals surface area contributed by atoms with Crippen LogP contribution in [-0.4, -0.2) is 4.98 Å². The molecule has 0 saturated heterocycles. The Morgan fingerprint density at radius 3 is 1.88 bits per heavy atom. The van der Waals surface area contributed by atoms with Gasteiger partial charge < -0.3 is 9.32 Å². The van der Waals surface area contributed by atoms with E-state index in [1.165, 1.54) is 27.5 Å². The van der Waals surface area contributed by atoms with Gasteiger partial charge in [-0.05, 0) is 87.1 Å². The quantitative estimate of drug-likeness (QED) is 0.177. The van der Waals surface area contributed by atoms with Crippen LogP contribution in [0.5, 0.6) is 0 Å². The number of furan rings is 1. The van der Waals surface area contributed by atoms with Crippen LogP contribution < -0.4 is 4.90 Å². The molecule has 0 aliphatic carbocycles. The van der Waals surface area contributed by atoms with Gasteiger partial charge in [-0.15, -0.1) is 0 Å². The lowest BCUT2D eigenvalue weighted by atomic mass is 9.92. The van der Waals surface area contributed by atoms with E-state index in [4.69, 9.17) is 9.40 Å². The molecule has 0 amide bonds. The highest BCUT2D eigenvalue weighted by molar-refractivity contribution is 6.16. The molecule has 0 spiro atoms. The van der Waals surface area contributed by atoms with E-state index >= 15 is 0 Å². The average Bonchev–Trinajstić information content (AvgIpc) is 3.61. The molecule has 3 heteroatoms. The minimum atomic E-state index is 0.798. The maximum absolute atomic E-state index is 6.51. The summed E-state index contributed by atoms with van der Waals surface area (Å²) in [5.41, 5.74) is 12.6. The lowest BCUT2D eigenvalue weighted by Crippen LogP contribution is -2.12. The summed E-state index contributed by atoms with van der Waals surface area (Å²) in [4.78, 5) is 7.35. The minimum Gasteiger partial charge on any atom is -0.454 e. The summed E-state index contributed by atoms with van der Waals surface area (Å²) >= 11 is 0. The van der Waals surface area contributed by atoms with Crippen molar-refractivity contribution in [3.8, 4) is 33.4 Å². The number of nitrogens with zero attached hydrogens (tertiary/aromatic N) is 2. The number of hydrogen-bond donors (Lipinski definition) is 0. The molecule has 0 atom stereocenters. The van der Waals surface area contributed by atoms with E-state index in [0.717, 1.165) is 66.6 Å². The van der Waals surface area contributed by atoms with Crippen LogP contribution in [0.25, 0.3) is 77.0 Å². The maximum atomic E-state index is 6.51. The van der Waals surface area contributed by atoms with Gasteiger partial charge in [0.05, 0.1) is 11.4 Å². The van der Waals surface area contributed by atoms with Crippen molar-refractivity contribution < 1.29 is 4.42 Å². The first-order valence-electron chi connectivity index (χ1n) is 17.6. The molecule has 0 unspecified atom stereocenters. The fraction of sp³-hybridized carbons (Fsp3) is 0. The third-order valence-corrected chi connectivity index (χ3v) is 10.1. The first kappa shape index (κ1) is 29.9. The highest BCUT2D eigenvalue weighted by Crippen LogP contribution is 2.47. The molecule has 0 saturated carbocycles. The van der Waals surface area contributed by atoms with Crippen LogP contribution in [0, 0.1) is 0 Å². The fourth-order valence-electron chi connectivity index (χ4n) is 7.66. The van der Waals surface area contributed by atoms with Crippen molar-refractivity contribution in [2.75, 3.05) is 4.90 Å². The first-order chi connectivity index (χ1) is 25.8. The average molecular weight is 665 g/mol. The molecule has 2 heterocycles. The fourth-order valence-corrected chi connectivity index (χ4v) is 7.66. The number of hydrogen-bond acceptors (Lipinski definition) is 3. The topological polar surface area (TPSA) is 29.3 Å². The maximum Gasteiger partial charge on any atom is 0.161 e. The van der Waals surface area contributed by atoms with E-state index < -0.39 is 0 Å². The summed E-state index contributed by atoms with van der Waals surface area (Å²) in [5.74, 6) is 0. The molecule has 0 radical (unpaired) electrons. The Morgan fingerprint density at radius 1 is 0.404 bits per heavy atom. The molecular formula is C49H32N2O. The van der Waals surface area contributed by atoms with Gasteiger partial charge in [0.15, 0.2) is 5.58 Å². The van der Waals surface area contributed by atoms with Crippen LogP contribution in [0.3, 0.4) is 0 Å². The van der Waals surface area contributed by atoms with Gasteiger partial charge in [0.2, 0.25) is 0 Å². The molecule has 10 rings (SSSR count). The number of rotatable bonds is 6. The summed E-state index contributed by atoms with van der Waals surface area (Å²) in [6.45, 7) is 0. The summed E-state index contributed by atoms with van der Waals surface area (Å²) in [6, 6.07) is 66.9. The molecule has 8 aromatic carbocycles. The number of benzene rings is 8. The SMILES string of the molecule is c1ccc(-c2cccc(N(c3ccc(-c4ccccc4)cc3-c3cccc4ccccc34)c3ccnc4c3ccc3c5ccccc5oc34)c2)cc1. The first-order valence-corrected chi connectivity index (χ1v) is 17.6. The highest BCUT2D eigenvalue weighted by atomic mass is 16.3. The van der Waals surface area contributed by atoms with Crippen molar-refractivity contribution in [3.05, 3.63) is 194 Å². The molecule has 0 bridgehead atoms. The van der Waals surface area contributed by atoms with Crippen molar-refractivity contribution >= 4 is 60.7 Å². The van der Waals surface area contributed by atoms with Crippen LogP contribution in [0.2, 0.25) is 0 Å². The Labute approximate surface area is 301 Å². The molecule has 10 aromatic rings. The number of anilines is 3. The summed E-state index contributed by atoms with van der Waals surface area (Å²) < 4.78 is 6.51. The van der Waals surface area contributed by atoms with Gasteiger partial charge in [-0.25, -0.2) is 0 Å². The Morgan fingerprint density at radius 2 is 1.06 bits per heavy atom. The molecule has 0 fully saturated rings. The number of para-hydroxylation sites is 1. The molecule has 244 valence electrons. The zero-order valence-corrected chi connectivity index (χ0v) is 28.3. The Bertz CT molecular complexity index is 2910. The van der Waals surface area contributed by atoms with E-state index in [0.29, 0.717) is 0 Å². The van der Waals surface area contributed by atoms with Crippen molar-refractivity contribution in [2.24, 2.45) is 0 Å². The van der Waals surface area contributed by atoms with Gasteiger partial charge in [-0.2, -0.15) is 0 Å². The second kappa shape index (κ2) is 12.4. The van der Waals surface area contributed by atoms with E-state index in [9.17, 15) is 0 Å². The lowest BCUT2D eigenvalue weighted by molar-refractivity contribution is 0.671. The summed E-state index contributed by atoms with van der Waals surface area (Å²) in [5, 5.41) is 5.58. The lowest BCUT2D eigenvalue weighted by Gasteiger charge is -2.30. The van der Waals surface area contributed by atoms with Gasteiger partial charge in [-0.1, -0.05) is 140 Å². The second-order valence-electron chi connectivity index (χ2n) is 13.1. The van der Waals surface area contributed by atoms with Gasteiger partial charge in [0, 0.05) is 33.6 Å². The van der Waals surface area contributed by atoms with Gasteiger partial charge in [0.1, 0.15) is 11.1 Å². The van der Waals surface area contributed by atoms with E-state index in [-0.39, 0.29) is 0 Å².